The molecule has 2 atom stereocenters. The first-order valence-corrected chi connectivity index (χ1v) is 7.89. The molecule has 2 unspecified atom stereocenters. The maximum atomic E-state index is 4.65. The van der Waals surface area contributed by atoms with Crippen LogP contribution in [0.15, 0.2) is 29.6 Å². The number of aromatic nitrogens is 1. The molecule has 1 aliphatic rings. The van der Waals surface area contributed by atoms with Gasteiger partial charge in [0.2, 0.25) is 0 Å². The molecule has 1 heterocycles. The molecule has 1 aromatic carbocycles. The number of rotatable bonds is 5. The first-order valence-electron chi connectivity index (χ1n) is 7.01. The van der Waals surface area contributed by atoms with Gasteiger partial charge in [-0.2, -0.15) is 0 Å². The predicted molar refractivity (Wildman–Crippen MR) is 80.8 cm³/mol. The molecule has 0 fully saturated rings. The fourth-order valence-electron chi connectivity index (χ4n) is 2.95. The molecular weight excluding hydrogens is 252 g/mol. The minimum Gasteiger partial charge on any atom is -0.309 e. The van der Waals surface area contributed by atoms with Crippen molar-refractivity contribution in [2.75, 3.05) is 6.54 Å². The molecule has 3 heteroatoms. The summed E-state index contributed by atoms with van der Waals surface area (Å²) in [6, 6.07) is 9.22. The maximum absolute atomic E-state index is 4.65. The first-order chi connectivity index (χ1) is 9.28. The van der Waals surface area contributed by atoms with Crippen molar-refractivity contribution >= 4 is 11.3 Å². The highest BCUT2D eigenvalue weighted by molar-refractivity contribution is 7.09. The van der Waals surface area contributed by atoms with Crippen LogP contribution in [0.5, 0.6) is 0 Å². The lowest BCUT2D eigenvalue weighted by Crippen LogP contribution is -2.27. The second-order valence-electron chi connectivity index (χ2n) is 5.24. The molecular formula is C16H20N2S. The molecule has 0 bridgehead atoms. The number of hydrogen-bond acceptors (Lipinski definition) is 3. The van der Waals surface area contributed by atoms with E-state index in [0.29, 0.717) is 12.0 Å². The van der Waals surface area contributed by atoms with Gasteiger partial charge in [0.25, 0.3) is 0 Å². The van der Waals surface area contributed by atoms with E-state index in [1.54, 1.807) is 11.3 Å². The van der Waals surface area contributed by atoms with Crippen molar-refractivity contribution in [1.29, 1.82) is 0 Å². The summed E-state index contributed by atoms with van der Waals surface area (Å²) in [7, 11) is 0. The summed E-state index contributed by atoms with van der Waals surface area (Å²) in [6.45, 7) is 5.24. The van der Waals surface area contributed by atoms with Gasteiger partial charge in [-0.15, -0.1) is 11.3 Å². The van der Waals surface area contributed by atoms with Gasteiger partial charge in [0, 0.05) is 5.38 Å². The zero-order valence-electron chi connectivity index (χ0n) is 11.5. The van der Waals surface area contributed by atoms with E-state index in [0.717, 1.165) is 18.0 Å². The van der Waals surface area contributed by atoms with Gasteiger partial charge in [-0.25, -0.2) is 4.98 Å². The molecule has 0 aliphatic heterocycles. The maximum Gasteiger partial charge on any atom is 0.0898 e. The van der Waals surface area contributed by atoms with Crippen LogP contribution in [-0.4, -0.2) is 11.5 Å². The Morgan fingerprint density at radius 3 is 2.95 bits per heavy atom. The molecule has 0 saturated carbocycles. The Kier molecular flexibility index (Phi) is 3.67. The van der Waals surface area contributed by atoms with E-state index in [2.05, 4.69) is 53.8 Å². The van der Waals surface area contributed by atoms with Crippen LogP contribution >= 0.6 is 11.3 Å². The zero-order chi connectivity index (χ0) is 13.2. The van der Waals surface area contributed by atoms with Gasteiger partial charge >= 0.3 is 0 Å². The fourth-order valence-corrected chi connectivity index (χ4v) is 3.62. The monoisotopic (exact) mass is 272 g/mol. The normalized spacial score (nSPS) is 18.7. The minimum absolute atomic E-state index is 0.397. The smallest absolute Gasteiger partial charge is 0.0898 e. The molecule has 0 amide bonds. The minimum atomic E-state index is 0.397. The Hall–Kier alpha value is -1.19. The van der Waals surface area contributed by atoms with E-state index in [1.165, 1.54) is 23.2 Å². The molecule has 1 aromatic heterocycles. The standard InChI is InChI=1S/C16H20N2S/c1-3-17-15(16-10-19-11(2)18-16)9-13-8-12-6-4-5-7-14(12)13/h4-7,10,13,15,17H,3,8-9H2,1-2H3. The molecule has 1 N–H and O–H groups in total. The second-order valence-corrected chi connectivity index (χ2v) is 6.30. The summed E-state index contributed by atoms with van der Waals surface area (Å²) in [5, 5.41) is 6.95. The van der Waals surface area contributed by atoms with E-state index < -0.39 is 0 Å². The van der Waals surface area contributed by atoms with Crippen LogP contribution in [0.2, 0.25) is 0 Å². The quantitative estimate of drug-likeness (QED) is 0.894. The van der Waals surface area contributed by atoms with E-state index in [9.17, 15) is 0 Å². The summed E-state index contributed by atoms with van der Waals surface area (Å²) in [4.78, 5) is 4.65. The van der Waals surface area contributed by atoms with Gasteiger partial charge in [-0.1, -0.05) is 31.2 Å². The zero-order valence-corrected chi connectivity index (χ0v) is 12.3. The number of hydrogen-bond donors (Lipinski definition) is 1. The third-order valence-corrected chi connectivity index (χ3v) is 4.72. The highest BCUT2D eigenvalue weighted by Crippen LogP contribution is 2.40. The average molecular weight is 272 g/mol. The van der Waals surface area contributed by atoms with E-state index in [4.69, 9.17) is 0 Å². The Morgan fingerprint density at radius 2 is 2.26 bits per heavy atom. The number of aryl methyl sites for hydroxylation is 1. The fraction of sp³-hybridized carbons (Fsp3) is 0.438. The highest BCUT2D eigenvalue weighted by Gasteiger charge is 2.29. The highest BCUT2D eigenvalue weighted by atomic mass is 32.1. The van der Waals surface area contributed by atoms with Crippen LogP contribution < -0.4 is 5.32 Å². The van der Waals surface area contributed by atoms with Crippen LogP contribution in [0.4, 0.5) is 0 Å². The Morgan fingerprint density at radius 1 is 1.42 bits per heavy atom. The molecule has 2 aromatic rings. The molecule has 3 rings (SSSR count). The van der Waals surface area contributed by atoms with Crippen molar-refractivity contribution in [3.8, 4) is 0 Å². The van der Waals surface area contributed by atoms with Gasteiger partial charge in [0.05, 0.1) is 16.7 Å². The van der Waals surface area contributed by atoms with Crippen LogP contribution in [-0.2, 0) is 6.42 Å². The molecule has 100 valence electrons. The van der Waals surface area contributed by atoms with Crippen LogP contribution in [0, 0.1) is 6.92 Å². The lowest BCUT2D eigenvalue weighted by atomic mass is 9.74. The summed E-state index contributed by atoms with van der Waals surface area (Å²) in [5.74, 6) is 0.697. The van der Waals surface area contributed by atoms with Crippen LogP contribution in [0.3, 0.4) is 0 Å². The van der Waals surface area contributed by atoms with Gasteiger partial charge in [-0.3, -0.25) is 0 Å². The average Bonchev–Trinajstić information content (AvgIpc) is 2.81. The largest absolute Gasteiger partial charge is 0.309 e. The van der Waals surface area contributed by atoms with E-state index in [1.807, 2.05) is 0 Å². The number of fused-ring (bicyclic) bond motifs is 1. The van der Waals surface area contributed by atoms with Crippen molar-refractivity contribution in [2.45, 2.75) is 38.6 Å². The topological polar surface area (TPSA) is 24.9 Å². The molecule has 0 saturated heterocycles. The third-order valence-electron chi connectivity index (χ3n) is 3.93. The first kappa shape index (κ1) is 12.8. The van der Waals surface area contributed by atoms with E-state index >= 15 is 0 Å². The number of thiazole rings is 1. The van der Waals surface area contributed by atoms with E-state index in [-0.39, 0.29) is 0 Å². The van der Waals surface area contributed by atoms with Crippen molar-refractivity contribution in [3.05, 3.63) is 51.5 Å². The Labute approximate surface area is 118 Å². The Bertz CT molecular complexity index is 561. The number of nitrogens with one attached hydrogen (secondary N) is 1. The number of benzene rings is 1. The molecule has 1 aliphatic carbocycles. The summed E-state index contributed by atoms with van der Waals surface area (Å²) in [5.41, 5.74) is 4.28. The van der Waals surface area contributed by atoms with Crippen molar-refractivity contribution in [3.63, 3.8) is 0 Å². The van der Waals surface area contributed by atoms with Gasteiger partial charge < -0.3 is 5.32 Å². The summed E-state index contributed by atoms with van der Waals surface area (Å²) in [6.07, 6.45) is 2.38. The molecule has 0 radical (unpaired) electrons. The van der Waals surface area contributed by atoms with Crippen LogP contribution in [0.1, 0.15) is 47.1 Å². The van der Waals surface area contributed by atoms with Crippen molar-refractivity contribution < 1.29 is 0 Å². The van der Waals surface area contributed by atoms with Gasteiger partial charge in [0.15, 0.2) is 0 Å². The SMILES string of the molecule is CCNC(CC1Cc2ccccc21)c1csc(C)n1. The number of nitrogens with zero attached hydrogens (tertiary/aromatic N) is 1. The van der Waals surface area contributed by atoms with Crippen molar-refractivity contribution in [2.24, 2.45) is 0 Å². The van der Waals surface area contributed by atoms with Gasteiger partial charge in [-0.05, 0) is 43.4 Å². The second kappa shape index (κ2) is 5.43. The Balaban J connectivity index is 1.73. The summed E-state index contributed by atoms with van der Waals surface area (Å²) >= 11 is 1.75. The molecule has 0 spiro atoms. The third kappa shape index (κ3) is 2.58. The molecule has 19 heavy (non-hydrogen) atoms. The van der Waals surface area contributed by atoms with Crippen LogP contribution in [0.25, 0.3) is 0 Å². The summed E-state index contributed by atoms with van der Waals surface area (Å²) < 4.78 is 0. The van der Waals surface area contributed by atoms with Crippen molar-refractivity contribution in [1.82, 2.24) is 10.3 Å². The lowest BCUT2D eigenvalue weighted by molar-refractivity contribution is 0.430. The lowest BCUT2D eigenvalue weighted by Gasteiger charge is -2.33. The van der Waals surface area contributed by atoms with Gasteiger partial charge in [0.1, 0.15) is 0 Å². The molecule has 2 nitrogen and oxygen atoms in total. The predicted octanol–water partition coefficient (Wildman–Crippen LogP) is 3.83.